The number of aliphatic carboxylic acids is 1. The highest BCUT2D eigenvalue weighted by molar-refractivity contribution is 5.72. The van der Waals surface area contributed by atoms with Crippen molar-refractivity contribution in [2.75, 3.05) is 0 Å². The van der Waals surface area contributed by atoms with Gasteiger partial charge in [-0.05, 0) is 29.9 Å². The fourth-order valence-electron chi connectivity index (χ4n) is 3.14. The van der Waals surface area contributed by atoms with Gasteiger partial charge >= 0.3 is 5.97 Å². The molecule has 0 saturated carbocycles. The molecular formula is C15H20O3. The lowest BCUT2D eigenvalue weighted by Crippen LogP contribution is -2.49. The number of fused-ring (bicyclic) bond motifs is 1. The second kappa shape index (κ2) is 4.73. The van der Waals surface area contributed by atoms with Crippen LogP contribution in [0.15, 0.2) is 24.3 Å². The molecule has 0 saturated heterocycles. The Balaban J connectivity index is 2.32. The summed E-state index contributed by atoms with van der Waals surface area (Å²) in [7, 11) is 0. The van der Waals surface area contributed by atoms with E-state index in [4.69, 9.17) is 0 Å². The van der Waals surface area contributed by atoms with Crippen molar-refractivity contribution in [2.24, 2.45) is 11.8 Å². The monoisotopic (exact) mass is 248 g/mol. The summed E-state index contributed by atoms with van der Waals surface area (Å²) in [5.74, 6) is -1.67. The van der Waals surface area contributed by atoms with Crippen LogP contribution in [0.25, 0.3) is 0 Å². The molecule has 1 aromatic rings. The van der Waals surface area contributed by atoms with Gasteiger partial charge in [0.25, 0.3) is 0 Å². The van der Waals surface area contributed by atoms with Gasteiger partial charge < -0.3 is 10.2 Å². The van der Waals surface area contributed by atoms with Gasteiger partial charge in [-0.2, -0.15) is 0 Å². The number of benzene rings is 1. The fraction of sp³-hybridized carbons (Fsp3) is 0.533. The molecule has 0 amide bonds. The van der Waals surface area contributed by atoms with Gasteiger partial charge in [0, 0.05) is 6.42 Å². The van der Waals surface area contributed by atoms with Gasteiger partial charge in [-0.25, -0.2) is 0 Å². The first-order chi connectivity index (χ1) is 8.44. The van der Waals surface area contributed by atoms with E-state index in [9.17, 15) is 15.0 Å². The van der Waals surface area contributed by atoms with Gasteiger partial charge in [0.1, 0.15) is 0 Å². The summed E-state index contributed by atoms with van der Waals surface area (Å²) < 4.78 is 0. The van der Waals surface area contributed by atoms with Crippen molar-refractivity contribution in [1.82, 2.24) is 0 Å². The van der Waals surface area contributed by atoms with Gasteiger partial charge in [0.2, 0.25) is 0 Å². The number of hydrogen-bond acceptors (Lipinski definition) is 2. The van der Waals surface area contributed by atoms with Crippen LogP contribution in [0.2, 0.25) is 0 Å². The predicted octanol–water partition coefficient (Wildman–Crippen LogP) is 2.26. The maximum Gasteiger partial charge on any atom is 0.309 e. The van der Waals surface area contributed by atoms with E-state index >= 15 is 0 Å². The molecule has 1 aliphatic carbocycles. The minimum Gasteiger partial charge on any atom is -0.481 e. The maximum absolute atomic E-state index is 11.4. The Kier molecular flexibility index (Phi) is 3.44. The maximum atomic E-state index is 11.4. The smallest absolute Gasteiger partial charge is 0.309 e. The average molecular weight is 248 g/mol. The molecule has 0 fully saturated rings. The van der Waals surface area contributed by atoms with Crippen molar-refractivity contribution < 1.29 is 15.0 Å². The number of aliphatic hydroxyl groups is 1. The van der Waals surface area contributed by atoms with Crippen molar-refractivity contribution >= 4 is 5.97 Å². The summed E-state index contributed by atoms with van der Waals surface area (Å²) in [5, 5.41) is 20.1. The molecule has 2 rings (SSSR count). The summed E-state index contributed by atoms with van der Waals surface area (Å²) in [6, 6.07) is 7.97. The molecule has 0 bridgehead atoms. The van der Waals surface area contributed by atoms with E-state index in [2.05, 4.69) is 6.07 Å². The van der Waals surface area contributed by atoms with Crippen LogP contribution in [0.4, 0.5) is 0 Å². The lowest BCUT2D eigenvalue weighted by Gasteiger charge is -2.39. The minimum atomic E-state index is -1.12. The van der Waals surface area contributed by atoms with E-state index in [1.54, 1.807) is 0 Å². The van der Waals surface area contributed by atoms with Gasteiger partial charge in [-0.3, -0.25) is 4.79 Å². The number of rotatable bonds is 3. The molecule has 1 aromatic carbocycles. The minimum absolute atomic E-state index is 0.0715. The van der Waals surface area contributed by atoms with E-state index in [0.29, 0.717) is 12.8 Å². The number of aryl methyl sites for hydroxylation is 1. The van der Waals surface area contributed by atoms with Crippen LogP contribution >= 0.6 is 0 Å². The van der Waals surface area contributed by atoms with Gasteiger partial charge in [-0.1, -0.05) is 38.1 Å². The lowest BCUT2D eigenvalue weighted by atomic mass is 9.69. The normalized spacial score (nSPS) is 24.7. The van der Waals surface area contributed by atoms with Crippen LogP contribution in [0.5, 0.6) is 0 Å². The number of carboxylic acid groups (broad SMARTS) is 1. The Morgan fingerprint density at radius 2 is 1.89 bits per heavy atom. The standard InChI is InChI=1S/C15H20O3/c1-10(2)13(14(16)17)15(18)8-7-11-5-3-4-6-12(11)9-15/h3-6,10,13,18H,7-9H2,1-2H3,(H,16,17). The van der Waals surface area contributed by atoms with Crippen LogP contribution < -0.4 is 0 Å². The molecule has 0 spiro atoms. The van der Waals surface area contributed by atoms with E-state index in [-0.39, 0.29) is 5.92 Å². The SMILES string of the molecule is CC(C)C(C(=O)O)C1(O)CCc2ccccc2C1. The zero-order valence-corrected chi connectivity index (χ0v) is 10.9. The van der Waals surface area contributed by atoms with Gasteiger partial charge in [0.05, 0.1) is 11.5 Å². The third kappa shape index (κ3) is 2.27. The Labute approximate surface area is 107 Å². The van der Waals surface area contributed by atoms with E-state index in [1.165, 1.54) is 5.56 Å². The van der Waals surface area contributed by atoms with Crippen molar-refractivity contribution in [3.05, 3.63) is 35.4 Å². The molecule has 0 aliphatic heterocycles. The molecule has 0 heterocycles. The third-order valence-electron chi connectivity index (χ3n) is 3.95. The molecule has 3 heteroatoms. The topological polar surface area (TPSA) is 57.5 Å². The summed E-state index contributed by atoms with van der Waals surface area (Å²) in [4.78, 5) is 11.4. The first-order valence-electron chi connectivity index (χ1n) is 6.46. The van der Waals surface area contributed by atoms with Crippen molar-refractivity contribution in [2.45, 2.75) is 38.7 Å². The first-order valence-corrected chi connectivity index (χ1v) is 6.46. The van der Waals surface area contributed by atoms with E-state index < -0.39 is 17.5 Å². The summed E-state index contributed by atoms with van der Waals surface area (Å²) in [5.41, 5.74) is 1.20. The molecule has 2 N–H and O–H groups in total. The van der Waals surface area contributed by atoms with Gasteiger partial charge in [0.15, 0.2) is 0 Å². The van der Waals surface area contributed by atoms with Gasteiger partial charge in [-0.15, -0.1) is 0 Å². The molecule has 2 atom stereocenters. The number of hydrogen-bond donors (Lipinski definition) is 2. The highest BCUT2D eigenvalue weighted by Crippen LogP contribution is 2.37. The first kappa shape index (κ1) is 13.1. The van der Waals surface area contributed by atoms with Crippen molar-refractivity contribution in [3.63, 3.8) is 0 Å². The highest BCUT2D eigenvalue weighted by atomic mass is 16.4. The molecule has 3 nitrogen and oxygen atoms in total. The molecule has 1 aliphatic rings. The van der Waals surface area contributed by atoms with E-state index in [0.717, 1.165) is 12.0 Å². The Hall–Kier alpha value is -1.35. The fourth-order valence-corrected chi connectivity index (χ4v) is 3.14. The average Bonchev–Trinajstić information content (AvgIpc) is 2.27. The Morgan fingerprint density at radius 1 is 1.28 bits per heavy atom. The molecule has 0 aromatic heterocycles. The van der Waals surface area contributed by atoms with Crippen LogP contribution in [-0.4, -0.2) is 21.8 Å². The second-order valence-electron chi connectivity index (χ2n) is 5.61. The van der Waals surface area contributed by atoms with E-state index in [1.807, 2.05) is 32.0 Å². The molecular weight excluding hydrogens is 228 g/mol. The predicted molar refractivity (Wildman–Crippen MR) is 69.4 cm³/mol. The zero-order chi connectivity index (χ0) is 13.3. The molecule has 2 unspecified atom stereocenters. The number of carboxylic acids is 1. The van der Waals surface area contributed by atoms with Crippen LogP contribution in [-0.2, 0) is 17.6 Å². The quantitative estimate of drug-likeness (QED) is 0.862. The number of carbonyl (C=O) groups is 1. The molecule has 98 valence electrons. The Morgan fingerprint density at radius 3 is 2.44 bits per heavy atom. The molecule has 0 radical (unpaired) electrons. The third-order valence-corrected chi connectivity index (χ3v) is 3.95. The molecule has 18 heavy (non-hydrogen) atoms. The Bertz CT molecular complexity index is 453. The lowest BCUT2D eigenvalue weighted by molar-refractivity contribution is -0.156. The van der Waals surface area contributed by atoms with Crippen molar-refractivity contribution in [1.29, 1.82) is 0 Å². The zero-order valence-electron chi connectivity index (χ0n) is 10.9. The van der Waals surface area contributed by atoms with Crippen LogP contribution in [0.1, 0.15) is 31.4 Å². The van der Waals surface area contributed by atoms with Crippen molar-refractivity contribution in [3.8, 4) is 0 Å². The summed E-state index contributed by atoms with van der Waals surface area (Å²) in [6.07, 6.45) is 1.72. The largest absolute Gasteiger partial charge is 0.481 e. The second-order valence-corrected chi connectivity index (χ2v) is 5.61. The summed E-state index contributed by atoms with van der Waals surface area (Å²) >= 11 is 0. The van der Waals surface area contributed by atoms with Crippen LogP contribution in [0.3, 0.4) is 0 Å². The summed E-state index contributed by atoms with van der Waals surface area (Å²) in [6.45, 7) is 3.72. The van der Waals surface area contributed by atoms with Crippen LogP contribution in [0, 0.1) is 11.8 Å². The highest BCUT2D eigenvalue weighted by Gasteiger charge is 2.45.